The number of methoxy groups -OCH3 is 2. The maximum absolute atomic E-state index is 13.0. The third-order valence-electron chi connectivity index (χ3n) is 6.59. The number of ether oxygens (including phenoxy) is 2. The number of hydrogen-bond donors (Lipinski definition) is 1. The molecule has 0 aliphatic carbocycles. The lowest BCUT2D eigenvalue weighted by atomic mass is 9.86. The van der Waals surface area contributed by atoms with Gasteiger partial charge in [-0.3, -0.25) is 9.59 Å². The molecule has 3 heterocycles. The van der Waals surface area contributed by atoms with Crippen molar-refractivity contribution in [1.29, 1.82) is 0 Å². The fourth-order valence-electron chi connectivity index (χ4n) is 4.74. The Balaban J connectivity index is 1.29. The van der Waals surface area contributed by atoms with Crippen LogP contribution in [0, 0.1) is 0 Å². The van der Waals surface area contributed by atoms with E-state index in [2.05, 4.69) is 11.1 Å². The second-order valence-corrected chi connectivity index (χ2v) is 8.47. The Hall–Kier alpha value is -3.58. The van der Waals surface area contributed by atoms with Crippen molar-refractivity contribution in [3.8, 4) is 5.75 Å². The van der Waals surface area contributed by atoms with Crippen molar-refractivity contribution in [3.05, 3.63) is 77.5 Å². The van der Waals surface area contributed by atoms with Gasteiger partial charge >= 0.3 is 0 Å². The van der Waals surface area contributed by atoms with Crippen LogP contribution in [0.25, 0.3) is 10.9 Å². The standard InChI is InChI=1S/C26H27N3O4/c1-32-20-9-7-17(8-10-20)16-29-23(24(33-2)26(29)31)18-11-13-28(14-12-18)25(30)22-15-19-5-3-4-6-21(19)27-22/h3-11,15,23-24,27H,12-14,16H2,1-2H3. The summed E-state index contributed by atoms with van der Waals surface area (Å²) >= 11 is 0. The molecule has 7 nitrogen and oxygen atoms in total. The minimum Gasteiger partial charge on any atom is -0.497 e. The van der Waals surface area contributed by atoms with Gasteiger partial charge < -0.3 is 24.3 Å². The molecular weight excluding hydrogens is 418 g/mol. The molecule has 170 valence electrons. The van der Waals surface area contributed by atoms with Crippen LogP contribution in [0.5, 0.6) is 5.75 Å². The molecule has 3 aromatic rings. The molecule has 1 N–H and O–H groups in total. The van der Waals surface area contributed by atoms with Gasteiger partial charge in [0.25, 0.3) is 11.8 Å². The van der Waals surface area contributed by atoms with E-state index >= 15 is 0 Å². The lowest BCUT2D eigenvalue weighted by Crippen LogP contribution is -2.66. The zero-order valence-corrected chi connectivity index (χ0v) is 18.8. The van der Waals surface area contributed by atoms with Gasteiger partial charge in [-0.05, 0) is 41.8 Å². The number of H-pyrrole nitrogens is 1. The number of benzene rings is 2. The van der Waals surface area contributed by atoms with Gasteiger partial charge in [-0.2, -0.15) is 0 Å². The molecule has 2 amide bonds. The zero-order valence-electron chi connectivity index (χ0n) is 18.8. The molecule has 0 radical (unpaired) electrons. The molecule has 1 saturated heterocycles. The number of carbonyl (C=O) groups is 2. The molecule has 0 bridgehead atoms. The van der Waals surface area contributed by atoms with Gasteiger partial charge in [0.1, 0.15) is 11.4 Å². The van der Waals surface area contributed by atoms with E-state index in [4.69, 9.17) is 9.47 Å². The smallest absolute Gasteiger partial charge is 0.270 e. The Morgan fingerprint density at radius 2 is 1.91 bits per heavy atom. The van der Waals surface area contributed by atoms with E-state index in [1.165, 1.54) is 0 Å². The second kappa shape index (κ2) is 8.75. The number of likely N-dealkylation sites (tertiary alicyclic amines) is 1. The van der Waals surface area contributed by atoms with Crippen LogP contribution >= 0.6 is 0 Å². The van der Waals surface area contributed by atoms with Crippen LogP contribution in [0.1, 0.15) is 22.5 Å². The van der Waals surface area contributed by atoms with Gasteiger partial charge in [0.15, 0.2) is 6.10 Å². The molecule has 2 aromatic carbocycles. The molecule has 5 rings (SSSR count). The number of β-lactam (4-membered cyclic amide) rings is 1. The normalized spacial score (nSPS) is 20.5. The summed E-state index contributed by atoms with van der Waals surface area (Å²) in [6.45, 7) is 1.64. The van der Waals surface area contributed by atoms with Crippen LogP contribution in [0.2, 0.25) is 0 Å². The molecule has 0 spiro atoms. The van der Waals surface area contributed by atoms with Gasteiger partial charge in [0, 0.05) is 37.6 Å². The van der Waals surface area contributed by atoms with Crippen LogP contribution in [0.3, 0.4) is 0 Å². The van der Waals surface area contributed by atoms with E-state index < -0.39 is 6.10 Å². The summed E-state index contributed by atoms with van der Waals surface area (Å²) in [6, 6.07) is 17.4. The summed E-state index contributed by atoms with van der Waals surface area (Å²) in [4.78, 5) is 32.6. The number of amides is 2. The number of aromatic amines is 1. The summed E-state index contributed by atoms with van der Waals surface area (Å²) in [7, 11) is 3.21. The minimum absolute atomic E-state index is 0.00389. The Bertz CT molecular complexity index is 1180. The van der Waals surface area contributed by atoms with Crippen LogP contribution in [0.4, 0.5) is 0 Å². The molecule has 0 saturated carbocycles. The van der Waals surface area contributed by atoms with Crippen LogP contribution < -0.4 is 4.74 Å². The summed E-state index contributed by atoms with van der Waals surface area (Å²) in [5.74, 6) is 0.773. The highest BCUT2D eigenvalue weighted by Gasteiger charge is 2.49. The lowest BCUT2D eigenvalue weighted by Gasteiger charge is -2.48. The average molecular weight is 446 g/mol. The SMILES string of the molecule is COc1ccc(CN2C(=O)C(OC)C2C2=CCN(C(=O)c3cc4ccccc4[nH]3)CC2)cc1. The van der Waals surface area contributed by atoms with Crippen molar-refractivity contribution in [2.75, 3.05) is 27.3 Å². The van der Waals surface area contributed by atoms with E-state index in [9.17, 15) is 9.59 Å². The van der Waals surface area contributed by atoms with Crippen LogP contribution in [-0.4, -0.2) is 66.1 Å². The van der Waals surface area contributed by atoms with Gasteiger partial charge in [-0.15, -0.1) is 0 Å². The first-order valence-corrected chi connectivity index (χ1v) is 11.1. The minimum atomic E-state index is -0.467. The third-order valence-corrected chi connectivity index (χ3v) is 6.59. The van der Waals surface area contributed by atoms with Crippen LogP contribution in [0.15, 0.2) is 66.2 Å². The van der Waals surface area contributed by atoms with Crippen molar-refractivity contribution < 1.29 is 19.1 Å². The molecule has 1 aromatic heterocycles. The third kappa shape index (κ3) is 3.89. The summed E-state index contributed by atoms with van der Waals surface area (Å²) in [6.07, 6.45) is 2.32. The molecule has 33 heavy (non-hydrogen) atoms. The molecule has 2 aliphatic rings. The number of aromatic nitrogens is 1. The van der Waals surface area contributed by atoms with Crippen molar-refractivity contribution in [1.82, 2.24) is 14.8 Å². The first kappa shape index (κ1) is 21.3. The molecule has 2 atom stereocenters. The maximum atomic E-state index is 13.0. The number of nitrogens with zero attached hydrogens (tertiary/aromatic N) is 2. The second-order valence-electron chi connectivity index (χ2n) is 8.47. The van der Waals surface area contributed by atoms with E-state index in [-0.39, 0.29) is 17.9 Å². The summed E-state index contributed by atoms with van der Waals surface area (Å²) in [5.41, 5.74) is 3.74. The Morgan fingerprint density at radius 3 is 2.58 bits per heavy atom. The lowest BCUT2D eigenvalue weighted by molar-refractivity contribution is -0.168. The predicted molar refractivity (Wildman–Crippen MR) is 125 cm³/mol. The number of rotatable bonds is 6. The van der Waals surface area contributed by atoms with Crippen LogP contribution in [-0.2, 0) is 16.1 Å². The molecule has 2 aliphatic heterocycles. The van der Waals surface area contributed by atoms with Gasteiger partial charge in [0.05, 0.1) is 13.2 Å². The number of para-hydroxylation sites is 1. The van der Waals surface area contributed by atoms with E-state index in [1.807, 2.05) is 64.4 Å². The maximum Gasteiger partial charge on any atom is 0.270 e. The van der Waals surface area contributed by atoms with Gasteiger partial charge in [-0.25, -0.2) is 0 Å². The van der Waals surface area contributed by atoms with E-state index in [0.29, 0.717) is 31.7 Å². The monoisotopic (exact) mass is 445 g/mol. The fourth-order valence-corrected chi connectivity index (χ4v) is 4.74. The van der Waals surface area contributed by atoms with Gasteiger partial charge in [-0.1, -0.05) is 36.4 Å². The van der Waals surface area contributed by atoms with Crippen molar-refractivity contribution in [2.24, 2.45) is 0 Å². The highest BCUT2D eigenvalue weighted by atomic mass is 16.5. The summed E-state index contributed by atoms with van der Waals surface area (Å²) in [5, 5.41) is 1.03. The number of fused-ring (bicyclic) bond motifs is 1. The Kier molecular flexibility index (Phi) is 5.64. The zero-order chi connectivity index (χ0) is 22.9. The highest BCUT2D eigenvalue weighted by molar-refractivity contribution is 5.98. The highest BCUT2D eigenvalue weighted by Crippen LogP contribution is 2.34. The predicted octanol–water partition coefficient (Wildman–Crippen LogP) is 3.37. The quantitative estimate of drug-likeness (QED) is 0.466. The summed E-state index contributed by atoms with van der Waals surface area (Å²) < 4.78 is 10.7. The number of carbonyl (C=O) groups excluding carboxylic acids is 2. The van der Waals surface area contributed by atoms with Crippen molar-refractivity contribution >= 4 is 22.7 Å². The van der Waals surface area contributed by atoms with Gasteiger partial charge in [0.2, 0.25) is 0 Å². The van der Waals surface area contributed by atoms with Crippen molar-refractivity contribution in [2.45, 2.75) is 25.1 Å². The number of hydrogen-bond acceptors (Lipinski definition) is 4. The molecule has 7 heteroatoms. The average Bonchev–Trinajstić information content (AvgIpc) is 3.30. The van der Waals surface area contributed by atoms with Crippen molar-refractivity contribution in [3.63, 3.8) is 0 Å². The Labute approximate surface area is 192 Å². The molecule has 2 unspecified atom stereocenters. The Morgan fingerprint density at radius 1 is 1.12 bits per heavy atom. The molecular formula is C26H27N3O4. The number of nitrogens with one attached hydrogen (secondary N) is 1. The van der Waals surface area contributed by atoms with E-state index in [0.717, 1.165) is 27.8 Å². The largest absolute Gasteiger partial charge is 0.497 e. The van der Waals surface area contributed by atoms with E-state index in [1.54, 1.807) is 14.2 Å². The first-order chi connectivity index (χ1) is 16.1. The molecule has 1 fully saturated rings. The first-order valence-electron chi connectivity index (χ1n) is 11.1. The topological polar surface area (TPSA) is 74.9 Å². The fraction of sp³-hybridized carbons (Fsp3) is 0.308.